The molecule has 1 aromatic heterocycles. The molecule has 9 heteroatoms. The highest BCUT2D eigenvalue weighted by Crippen LogP contribution is 2.26. The smallest absolute Gasteiger partial charge is 0.246 e. The number of hydrogen-bond donors (Lipinski definition) is 1. The van der Waals surface area contributed by atoms with Crippen LogP contribution in [0.5, 0.6) is 0 Å². The van der Waals surface area contributed by atoms with Crippen LogP contribution in [0.4, 0.5) is 11.4 Å². The molecule has 0 aliphatic carbocycles. The number of hydrogen-bond acceptors (Lipinski definition) is 5. The lowest BCUT2D eigenvalue weighted by Gasteiger charge is -2.26. The van der Waals surface area contributed by atoms with E-state index in [4.69, 9.17) is 0 Å². The molecule has 3 rings (SSSR count). The van der Waals surface area contributed by atoms with Gasteiger partial charge in [-0.3, -0.25) is 9.48 Å². The Kier molecular flexibility index (Phi) is 7.06. The number of aromatic nitrogens is 2. The summed E-state index contributed by atoms with van der Waals surface area (Å²) in [6, 6.07) is 5.80. The van der Waals surface area contributed by atoms with Gasteiger partial charge in [0, 0.05) is 45.0 Å². The maximum Gasteiger partial charge on any atom is 0.246 e. The molecule has 0 saturated carbocycles. The number of amides is 1. The number of carbonyl (C=O) groups excluding carboxylic acids is 1. The number of sulfonamides is 1. The predicted molar refractivity (Wildman–Crippen MR) is 123 cm³/mol. The second-order valence-electron chi connectivity index (χ2n) is 8.38. The van der Waals surface area contributed by atoms with Crippen molar-refractivity contribution in [1.29, 1.82) is 0 Å². The maximum absolute atomic E-state index is 13.1. The molecule has 31 heavy (non-hydrogen) atoms. The molecule has 170 valence electrons. The van der Waals surface area contributed by atoms with Crippen molar-refractivity contribution >= 4 is 27.3 Å². The van der Waals surface area contributed by atoms with Crippen LogP contribution in [0.3, 0.4) is 0 Å². The van der Waals surface area contributed by atoms with Gasteiger partial charge in [-0.05, 0) is 51.3 Å². The highest BCUT2D eigenvalue weighted by atomic mass is 32.2. The van der Waals surface area contributed by atoms with Crippen LogP contribution < -0.4 is 10.2 Å². The van der Waals surface area contributed by atoms with E-state index in [1.165, 1.54) is 0 Å². The van der Waals surface area contributed by atoms with Gasteiger partial charge in [0.25, 0.3) is 0 Å². The number of nitrogens with one attached hydrogen (secondary N) is 1. The first-order chi connectivity index (χ1) is 14.6. The second kappa shape index (κ2) is 9.40. The zero-order chi connectivity index (χ0) is 22.8. The molecule has 2 aromatic rings. The number of rotatable bonds is 7. The number of piperidine rings is 1. The average Bonchev–Trinajstić information content (AvgIpc) is 3.02. The number of aryl methyl sites for hydroxylation is 3. The van der Waals surface area contributed by atoms with E-state index in [2.05, 4.69) is 10.4 Å². The average molecular weight is 448 g/mol. The molecule has 0 spiro atoms. The fraction of sp³-hybridized carbons (Fsp3) is 0.545. The molecule has 1 saturated heterocycles. The van der Waals surface area contributed by atoms with Gasteiger partial charge in [0.1, 0.15) is 4.90 Å². The van der Waals surface area contributed by atoms with E-state index in [9.17, 15) is 13.2 Å². The molecule has 1 aliphatic rings. The Balaban J connectivity index is 1.69. The summed E-state index contributed by atoms with van der Waals surface area (Å²) >= 11 is 0. The van der Waals surface area contributed by atoms with E-state index >= 15 is 0 Å². The summed E-state index contributed by atoms with van der Waals surface area (Å²) in [6.07, 6.45) is 3.05. The van der Waals surface area contributed by atoms with Crippen molar-refractivity contribution in [2.24, 2.45) is 0 Å². The van der Waals surface area contributed by atoms with E-state index in [1.807, 2.05) is 44.1 Å². The molecular formula is C22H33N5O3S. The highest BCUT2D eigenvalue weighted by Gasteiger charge is 2.31. The zero-order valence-corrected chi connectivity index (χ0v) is 19.9. The quantitative estimate of drug-likeness (QED) is 0.705. The molecule has 0 radical (unpaired) electrons. The van der Waals surface area contributed by atoms with Crippen molar-refractivity contribution in [3.8, 4) is 0 Å². The topological polar surface area (TPSA) is 87.5 Å². The van der Waals surface area contributed by atoms with Crippen LogP contribution in [-0.4, -0.2) is 55.6 Å². The number of nitrogens with zero attached hydrogens (tertiary/aromatic N) is 4. The highest BCUT2D eigenvalue weighted by molar-refractivity contribution is 7.89. The predicted octanol–water partition coefficient (Wildman–Crippen LogP) is 3.08. The third-order valence-corrected chi connectivity index (χ3v) is 7.91. The van der Waals surface area contributed by atoms with E-state index in [0.717, 1.165) is 36.2 Å². The van der Waals surface area contributed by atoms with E-state index in [0.29, 0.717) is 31.0 Å². The van der Waals surface area contributed by atoms with Gasteiger partial charge in [-0.15, -0.1) is 0 Å². The zero-order valence-electron chi connectivity index (χ0n) is 19.1. The summed E-state index contributed by atoms with van der Waals surface area (Å²) in [5.74, 6) is -0.137. The van der Waals surface area contributed by atoms with E-state index in [1.54, 1.807) is 22.8 Å². The third kappa shape index (κ3) is 5.10. The molecule has 8 nitrogen and oxygen atoms in total. The number of anilines is 2. The standard InChI is InChI=1S/C22H33N5O3S/c1-16-9-10-19(15-20(16)25(4)5)23-21(28)11-14-27-18(3)22(17(2)24-27)31(29,30)26-12-7-6-8-13-26/h9-10,15H,6-8,11-14H2,1-5H3,(H,23,28). The summed E-state index contributed by atoms with van der Waals surface area (Å²) in [5.41, 5.74) is 3.98. The molecule has 1 N–H and O–H groups in total. The minimum absolute atomic E-state index is 0.137. The van der Waals surface area contributed by atoms with Crippen molar-refractivity contribution in [2.75, 3.05) is 37.4 Å². The fourth-order valence-electron chi connectivity index (χ4n) is 4.11. The van der Waals surface area contributed by atoms with Crippen molar-refractivity contribution in [1.82, 2.24) is 14.1 Å². The third-order valence-electron chi connectivity index (χ3n) is 5.75. The SMILES string of the molecule is Cc1ccc(NC(=O)CCn2nc(C)c(S(=O)(=O)N3CCCCC3)c2C)cc1N(C)C. The van der Waals surface area contributed by atoms with Gasteiger partial charge in [-0.1, -0.05) is 12.5 Å². The Morgan fingerprint density at radius 3 is 2.45 bits per heavy atom. The Bertz CT molecular complexity index is 1050. The van der Waals surface area contributed by atoms with Crippen LogP contribution in [0.2, 0.25) is 0 Å². The maximum atomic E-state index is 13.1. The lowest BCUT2D eigenvalue weighted by molar-refractivity contribution is -0.116. The second-order valence-corrected chi connectivity index (χ2v) is 10.3. The molecule has 0 unspecified atom stereocenters. The number of benzene rings is 1. The van der Waals surface area contributed by atoms with Gasteiger partial charge in [-0.2, -0.15) is 9.40 Å². The first-order valence-corrected chi connectivity index (χ1v) is 12.2. The van der Waals surface area contributed by atoms with Gasteiger partial charge >= 0.3 is 0 Å². The van der Waals surface area contributed by atoms with Crippen LogP contribution >= 0.6 is 0 Å². The first kappa shape index (κ1) is 23.3. The Morgan fingerprint density at radius 1 is 1.13 bits per heavy atom. The van der Waals surface area contributed by atoms with Gasteiger partial charge in [0.15, 0.2) is 0 Å². The Morgan fingerprint density at radius 2 is 1.81 bits per heavy atom. The summed E-state index contributed by atoms with van der Waals surface area (Å²) in [4.78, 5) is 14.8. The van der Waals surface area contributed by atoms with Crippen molar-refractivity contribution in [3.05, 3.63) is 35.2 Å². The largest absolute Gasteiger partial charge is 0.377 e. The molecule has 0 atom stereocenters. The van der Waals surface area contributed by atoms with Gasteiger partial charge < -0.3 is 10.2 Å². The van der Waals surface area contributed by atoms with E-state index in [-0.39, 0.29) is 17.2 Å². The van der Waals surface area contributed by atoms with Crippen molar-refractivity contribution < 1.29 is 13.2 Å². The normalized spacial score (nSPS) is 15.1. The molecule has 1 aliphatic heterocycles. The molecule has 1 aromatic carbocycles. The number of carbonyl (C=O) groups is 1. The fourth-order valence-corrected chi connectivity index (χ4v) is 6.00. The minimum Gasteiger partial charge on any atom is -0.377 e. The Labute approximate surface area is 185 Å². The lowest BCUT2D eigenvalue weighted by atomic mass is 10.1. The molecule has 1 fully saturated rings. The van der Waals surface area contributed by atoms with Crippen molar-refractivity contribution in [2.45, 2.75) is 57.9 Å². The van der Waals surface area contributed by atoms with Gasteiger partial charge in [0.2, 0.25) is 15.9 Å². The molecular weight excluding hydrogens is 414 g/mol. The van der Waals surface area contributed by atoms with Crippen molar-refractivity contribution in [3.63, 3.8) is 0 Å². The van der Waals surface area contributed by atoms with E-state index < -0.39 is 10.0 Å². The van der Waals surface area contributed by atoms with Crippen LogP contribution in [0, 0.1) is 20.8 Å². The lowest BCUT2D eigenvalue weighted by Crippen LogP contribution is -2.36. The van der Waals surface area contributed by atoms with Gasteiger partial charge in [0.05, 0.1) is 17.9 Å². The van der Waals surface area contributed by atoms with Crippen LogP contribution in [-0.2, 0) is 21.4 Å². The summed E-state index contributed by atoms with van der Waals surface area (Å²) < 4.78 is 29.4. The minimum atomic E-state index is -3.56. The van der Waals surface area contributed by atoms with Crippen LogP contribution in [0.1, 0.15) is 42.6 Å². The summed E-state index contributed by atoms with van der Waals surface area (Å²) in [5, 5.41) is 7.35. The summed E-state index contributed by atoms with van der Waals surface area (Å²) in [7, 11) is 0.367. The van der Waals surface area contributed by atoms with Crippen LogP contribution in [0.15, 0.2) is 23.1 Å². The first-order valence-electron chi connectivity index (χ1n) is 10.7. The monoisotopic (exact) mass is 447 g/mol. The van der Waals surface area contributed by atoms with Gasteiger partial charge in [-0.25, -0.2) is 8.42 Å². The molecule has 2 heterocycles. The summed E-state index contributed by atoms with van der Waals surface area (Å²) in [6.45, 7) is 6.94. The molecule has 0 bridgehead atoms. The Hall–Kier alpha value is -2.39. The molecule has 1 amide bonds. The van der Waals surface area contributed by atoms with Crippen LogP contribution in [0.25, 0.3) is 0 Å².